The molecule has 1 aliphatic carbocycles. The molecule has 2 rings (SSSR count). The summed E-state index contributed by atoms with van der Waals surface area (Å²) >= 11 is 0. The third kappa shape index (κ3) is 2.12. The third-order valence-corrected chi connectivity index (χ3v) is 3.80. The second-order valence-corrected chi connectivity index (χ2v) is 5.18. The molecule has 88 valence electrons. The second-order valence-electron chi connectivity index (χ2n) is 5.18. The summed E-state index contributed by atoms with van der Waals surface area (Å²) < 4.78 is 13.2. The quantitative estimate of drug-likeness (QED) is 0.770. The molecule has 0 radical (unpaired) electrons. The standard InChI is InChI=1S/C14H19FO/c1-10-5-7-14(16,8-6-10)12-3-4-13(15)11(2)9-12/h3-4,9-10,16H,5-8H2,1-2H3. The lowest BCUT2D eigenvalue weighted by Crippen LogP contribution is -2.30. The fourth-order valence-electron chi connectivity index (χ4n) is 2.46. The van der Waals surface area contributed by atoms with Gasteiger partial charge in [-0.3, -0.25) is 0 Å². The van der Waals surface area contributed by atoms with Gasteiger partial charge < -0.3 is 5.11 Å². The topological polar surface area (TPSA) is 20.2 Å². The summed E-state index contributed by atoms with van der Waals surface area (Å²) in [4.78, 5) is 0. The second kappa shape index (κ2) is 4.17. The Hall–Kier alpha value is -0.890. The predicted octanol–water partition coefficient (Wildman–Crippen LogP) is 3.53. The minimum atomic E-state index is -0.731. The summed E-state index contributed by atoms with van der Waals surface area (Å²) in [6.07, 6.45) is 3.68. The van der Waals surface area contributed by atoms with Crippen molar-refractivity contribution < 1.29 is 9.50 Å². The van der Waals surface area contributed by atoms with E-state index >= 15 is 0 Å². The highest BCUT2D eigenvalue weighted by molar-refractivity contribution is 5.29. The minimum absolute atomic E-state index is 0.198. The maximum absolute atomic E-state index is 13.2. The first kappa shape index (κ1) is 11.6. The van der Waals surface area contributed by atoms with Crippen LogP contribution in [0, 0.1) is 18.7 Å². The van der Waals surface area contributed by atoms with E-state index in [9.17, 15) is 9.50 Å². The maximum atomic E-state index is 13.2. The Morgan fingerprint density at radius 1 is 1.31 bits per heavy atom. The fraction of sp³-hybridized carbons (Fsp3) is 0.571. The predicted molar refractivity (Wildman–Crippen MR) is 62.7 cm³/mol. The first-order valence-corrected chi connectivity index (χ1v) is 6.00. The molecule has 1 N–H and O–H groups in total. The van der Waals surface area contributed by atoms with Crippen molar-refractivity contribution in [2.24, 2.45) is 5.92 Å². The summed E-state index contributed by atoms with van der Waals surface area (Å²) in [5, 5.41) is 10.6. The van der Waals surface area contributed by atoms with Gasteiger partial charge in [0.15, 0.2) is 0 Å². The zero-order valence-corrected chi connectivity index (χ0v) is 9.96. The molecule has 0 unspecified atom stereocenters. The van der Waals surface area contributed by atoms with E-state index < -0.39 is 5.60 Å². The Bertz CT molecular complexity index is 378. The normalized spacial score (nSPS) is 30.4. The highest BCUT2D eigenvalue weighted by Gasteiger charge is 2.33. The van der Waals surface area contributed by atoms with Crippen LogP contribution in [0.2, 0.25) is 0 Å². The highest BCUT2D eigenvalue weighted by Crippen LogP contribution is 2.39. The van der Waals surface area contributed by atoms with Crippen LogP contribution in [0.5, 0.6) is 0 Å². The molecule has 1 aliphatic rings. The molecule has 0 spiro atoms. The van der Waals surface area contributed by atoms with Crippen molar-refractivity contribution in [1.29, 1.82) is 0 Å². The molecule has 0 heterocycles. The van der Waals surface area contributed by atoms with Gasteiger partial charge in [0.25, 0.3) is 0 Å². The van der Waals surface area contributed by atoms with E-state index in [1.165, 1.54) is 6.07 Å². The fourth-order valence-corrected chi connectivity index (χ4v) is 2.46. The van der Waals surface area contributed by atoms with Crippen molar-refractivity contribution in [3.8, 4) is 0 Å². The number of hydrogen-bond donors (Lipinski definition) is 1. The molecule has 1 nitrogen and oxygen atoms in total. The molecule has 16 heavy (non-hydrogen) atoms. The molecule has 0 atom stereocenters. The molecule has 0 aromatic heterocycles. The van der Waals surface area contributed by atoms with Crippen molar-refractivity contribution >= 4 is 0 Å². The van der Waals surface area contributed by atoms with Gasteiger partial charge in [0.2, 0.25) is 0 Å². The van der Waals surface area contributed by atoms with Crippen molar-refractivity contribution in [3.63, 3.8) is 0 Å². The van der Waals surface area contributed by atoms with Crippen molar-refractivity contribution in [2.75, 3.05) is 0 Å². The Morgan fingerprint density at radius 3 is 2.50 bits per heavy atom. The Labute approximate surface area is 96.3 Å². The molecule has 0 amide bonds. The SMILES string of the molecule is Cc1cc(C2(O)CCC(C)CC2)ccc1F. The number of rotatable bonds is 1. The number of aryl methyl sites for hydroxylation is 1. The summed E-state index contributed by atoms with van der Waals surface area (Å²) in [6.45, 7) is 3.96. The zero-order valence-electron chi connectivity index (χ0n) is 9.96. The van der Waals surface area contributed by atoms with Gasteiger partial charge in [0.05, 0.1) is 5.60 Å². The van der Waals surface area contributed by atoms with Crippen LogP contribution in [0.25, 0.3) is 0 Å². The highest BCUT2D eigenvalue weighted by atomic mass is 19.1. The Balaban J connectivity index is 2.25. The first-order chi connectivity index (χ1) is 7.51. The molecule has 2 heteroatoms. The van der Waals surface area contributed by atoms with Gasteiger partial charge in [-0.1, -0.05) is 19.1 Å². The first-order valence-electron chi connectivity index (χ1n) is 6.00. The molecule has 1 aromatic carbocycles. The van der Waals surface area contributed by atoms with Crippen LogP contribution < -0.4 is 0 Å². The maximum Gasteiger partial charge on any atom is 0.126 e. The molecular weight excluding hydrogens is 203 g/mol. The molecule has 0 aliphatic heterocycles. The van der Waals surface area contributed by atoms with Crippen LogP contribution in [-0.4, -0.2) is 5.11 Å². The third-order valence-electron chi connectivity index (χ3n) is 3.80. The smallest absolute Gasteiger partial charge is 0.126 e. The number of hydrogen-bond acceptors (Lipinski definition) is 1. The summed E-state index contributed by atoms with van der Waals surface area (Å²) in [5.74, 6) is 0.498. The molecular formula is C14H19FO. The summed E-state index contributed by atoms with van der Waals surface area (Å²) in [7, 11) is 0. The average Bonchev–Trinajstić information content (AvgIpc) is 2.26. The monoisotopic (exact) mass is 222 g/mol. The Kier molecular flexibility index (Phi) is 3.02. The molecule has 1 saturated carbocycles. The van der Waals surface area contributed by atoms with E-state index in [0.717, 1.165) is 31.2 Å². The number of aliphatic hydroxyl groups is 1. The van der Waals surface area contributed by atoms with Crippen molar-refractivity contribution in [1.82, 2.24) is 0 Å². The van der Waals surface area contributed by atoms with Gasteiger partial charge in [0, 0.05) is 0 Å². The van der Waals surface area contributed by atoms with Crippen molar-refractivity contribution in [2.45, 2.75) is 45.1 Å². The van der Waals surface area contributed by atoms with Crippen LogP contribution in [0.4, 0.5) is 4.39 Å². The van der Waals surface area contributed by atoms with Crippen LogP contribution in [-0.2, 0) is 5.60 Å². The van der Waals surface area contributed by atoms with E-state index in [-0.39, 0.29) is 5.82 Å². The Morgan fingerprint density at radius 2 is 1.94 bits per heavy atom. The van der Waals surface area contributed by atoms with Crippen LogP contribution in [0.1, 0.15) is 43.7 Å². The summed E-state index contributed by atoms with van der Waals surface area (Å²) in [5.41, 5.74) is 0.758. The van der Waals surface area contributed by atoms with E-state index in [1.54, 1.807) is 19.1 Å². The van der Waals surface area contributed by atoms with Gasteiger partial charge in [-0.2, -0.15) is 0 Å². The molecule has 0 saturated heterocycles. The van der Waals surface area contributed by atoms with Gasteiger partial charge >= 0.3 is 0 Å². The van der Waals surface area contributed by atoms with Crippen molar-refractivity contribution in [3.05, 3.63) is 35.1 Å². The molecule has 0 bridgehead atoms. The number of benzene rings is 1. The van der Waals surface area contributed by atoms with Gasteiger partial charge in [0.1, 0.15) is 5.82 Å². The van der Waals surface area contributed by atoms with Gasteiger partial charge in [-0.15, -0.1) is 0 Å². The minimum Gasteiger partial charge on any atom is -0.385 e. The summed E-state index contributed by atoms with van der Waals surface area (Å²) in [6, 6.07) is 4.96. The van der Waals surface area contributed by atoms with E-state index in [2.05, 4.69) is 6.92 Å². The lowest BCUT2D eigenvalue weighted by Gasteiger charge is -2.35. The van der Waals surface area contributed by atoms with Crippen LogP contribution >= 0.6 is 0 Å². The average molecular weight is 222 g/mol. The van der Waals surface area contributed by atoms with E-state index in [4.69, 9.17) is 0 Å². The molecule has 1 aromatic rings. The molecule has 1 fully saturated rings. The number of halogens is 1. The lowest BCUT2D eigenvalue weighted by molar-refractivity contribution is -0.0121. The van der Waals surface area contributed by atoms with Gasteiger partial charge in [-0.05, 0) is 55.7 Å². The largest absolute Gasteiger partial charge is 0.385 e. The van der Waals surface area contributed by atoms with Crippen LogP contribution in [0.15, 0.2) is 18.2 Å². The lowest BCUT2D eigenvalue weighted by atomic mass is 9.75. The van der Waals surface area contributed by atoms with Gasteiger partial charge in [-0.25, -0.2) is 4.39 Å². The van der Waals surface area contributed by atoms with E-state index in [0.29, 0.717) is 11.5 Å². The van der Waals surface area contributed by atoms with Crippen LogP contribution in [0.3, 0.4) is 0 Å². The zero-order chi connectivity index (χ0) is 11.8. The van der Waals surface area contributed by atoms with E-state index in [1.807, 2.05) is 0 Å².